The van der Waals surface area contributed by atoms with Crippen molar-refractivity contribution in [1.29, 1.82) is 0 Å². The average Bonchev–Trinajstić information content (AvgIpc) is 2.45. The molecule has 4 nitrogen and oxygen atoms in total. The summed E-state index contributed by atoms with van der Waals surface area (Å²) >= 11 is 0. The smallest absolute Gasteiger partial charge is 0.337 e. The maximum Gasteiger partial charge on any atom is 0.337 e. The summed E-state index contributed by atoms with van der Waals surface area (Å²) in [6.07, 6.45) is 4.68. The van der Waals surface area contributed by atoms with Gasteiger partial charge in [-0.1, -0.05) is 0 Å². The molecular weight excluding hydrogens is 264 g/mol. The Balaban J connectivity index is 2.61. The lowest BCUT2D eigenvalue weighted by Gasteiger charge is -2.40. The molecule has 0 aromatic carbocycles. The van der Waals surface area contributed by atoms with Crippen LogP contribution in [0.25, 0.3) is 0 Å². The van der Waals surface area contributed by atoms with Gasteiger partial charge in [0.1, 0.15) is 0 Å². The van der Waals surface area contributed by atoms with Gasteiger partial charge in [-0.05, 0) is 38.8 Å². The summed E-state index contributed by atoms with van der Waals surface area (Å²) in [5, 5.41) is 0. The topological polar surface area (TPSA) is 36.9 Å². The van der Waals surface area contributed by atoms with Crippen LogP contribution in [-0.4, -0.2) is 45.6 Å². The second-order valence-corrected chi connectivity index (χ2v) is 12.7. The molecule has 0 aromatic heterocycles. The zero-order valence-electron chi connectivity index (χ0n) is 12.6. The third-order valence-electron chi connectivity index (χ3n) is 4.83. The van der Waals surface area contributed by atoms with Gasteiger partial charge in [-0.2, -0.15) is 0 Å². The van der Waals surface area contributed by atoms with Crippen LogP contribution in [0.3, 0.4) is 0 Å². The van der Waals surface area contributed by atoms with Crippen LogP contribution in [0, 0.1) is 0 Å². The number of hydrogen-bond donors (Lipinski definition) is 0. The fraction of sp³-hybridized carbons (Fsp3) is 1.00. The van der Waals surface area contributed by atoms with E-state index in [9.17, 15) is 0 Å². The van der Waals surface area contributed by atoms with Crippen molar-refractivity contribution in [2.24, 2.45) is 0 Å². The normalized spacial score (nSPS) is 26.3. The van der Waals surface area contributed by atoms with E-state index < -0.39 is 17.1 Å². The standard InChI is InChI=1S/C12H28O4Si2/c1-13-17(5,14-2)11-7-9-12(10-8-11)18(6,15-3)16-4/h11-12H,7-10H2,1-6H3. The van der Waals surface area contributed by atoms with Gasteiger partial charge in [0.2, 0.25) is 0 Å². The van der Waals surface area contributed by atoms with Gasteiger partial charge in [-0.15, -0.1) is 0 Å². The maximum absolute atomic E-state index is 5.67. The molecule has 0 aliphatic heterocycles. The van der Waals surface area contributed by atoms with E-state index in [1.807, 2.05) is 0 Å². The van der Waals surface area contributed by atoms with E-state index in [-0.39, 0.29) is 0 Å². The molecule has 0 saturated heterocycles. The van der Waals surface area contributed by atoms with E-state index in [0.717, 1.165) is 0 Å². The molecule has 1 rings (SSSR count). The summed E-state index contributed by atoms with van der Waals surface area (Å²) in [5.74, 6) is 0. The fourth-order valence-corrected chi connectivity index (χ4v) is 7.41. The Morgan fingerprint density at radius 3 is 1.00 bits per heavy atom. The maximum atomic E-state index is 5.67. The zero-order valence-corrected chi connectivity index (χ0v) is 14.6. The minimum atomic E-state index is -1.97. The lowest BCUT2D eigenvalue weighted by atomic mass is 9.99. The Bertz CT molecular complexity index is 220. The van der Waals surface area contributed by atoms with Crippen molar-refractivity contribution in [2.45, 2.75) is 49.9 Å². The largest absolute Gasteiger partial charge is 0.398 e. The third kappa shape index (κ3) is 3.23. The second-order valence-electron chi connectivity index (χ2n) is 5.40. The summed E-state index contributed by atoms with van der Waals surface area (Å²) in [5.41, 5.74) is 1.19. The predicted octanol–water partition coefficient (Wildman–Crippen LogP) is 3.03. The third-order valence-corrected chi connectivity index (χ3v) is 12.2. The summed E-state index contributed by atoms with van der Waals surface area (Å²) in [6, 6.07) is 0. The van der Waals surface area contributed by atoms with Crippen LogP contribution in [0.4, 0.5) is 0 Å². The molecule has 1 saturated carbocycles. The molecule has 108 valence electrons. The molecular formula is C12H28O4Si2. The Labute approximate surface area is 113 Å². The molecule has 1 fully saturated rings. The lowest BCUT2D eigenvalue weighted by molar-refractivity contribution is 0.205. The minimum Gasteiger partial charge on any atom is -0.398 e. The molecule has 1 aliphatic rings. The van der Waals surface area contributed by atoms with E-state index in [1.54, 1.807) is 28.4 Å². The highest BCUT2D eigenvalue weighted by Crippen LogP contribution is 2.46. The van der Waals surface area contributed by atoms with Gasteiger partial charge < -0.3 is 17.7 Å². The summed E-state index contributed by atoms with van der Waals surface area (Å²) in [4.78, 5) is 0. The van der Waals surface area contributed by atoms with Gasteiger partial charge in [0.05, 0.1) is 0 Å². The molecule has 6 heteroatoms. The van der Waals surface area contributed by atoms with Crippen LogP contribution in [0.1, 0.15) is 25.7 Å². The van der Waals surface area contributed by atoms with Crippen LogP contribution < -0.4 is 0 Å². The van der Waals surface area contributed by atoms with Gasteiger partial charge in [-0.3, -0.25) is 0 Å². The first-order valence-corrected chi connectivity index (χ1v) is 11.4. The fourth-order valence-electron chi connectivity index (χ4n) is 2.98. The van der Waals surface area contributed by atoms with E-state index in [2.05, 4.69) is 13.1 Å². The highest BCUT2D eigenvalue weighted by atomic mass is 28.4. The monoisotopic (exact) mass is 292 g/mol. The quantitative estimate of drug-likeness (QED) is 0.705. The highest BCUT2D eigenvalue weighted by molar-refractivity contribution is 6.68. The summed E-state index contributed by atoms with van der Waals surface area (Å²) in [6.45, 7) is 4.34. The van der Waals surface area contributed by atoms with E-state index in [4.69, 9.17) is 17.7 Å². The van der Waals surface area contributed by atoms with Crippen molar-refractivity contribution in [3.05, 3.63) is 0 Å². The van der Waals surface area contributed by atoms with Crippen molar-refractivity contribution >= 4 is 17.1 Å². The van der Waals surface area contributed by atoms with Gasteiger partial charge >= 0.3 is 17.1 Å². The predicted molar refractivity (Wildman–Crippen MR) is 77.2 cm³/mol. The van der Waals surface area contributed by atoms with Crippen LogP contribution in [0.2, 0.25) is 24.2 Å². The lowest BCUT2D eigenvalue weighted by Crippen LogP contribution is -2.47. The van der Waals surface area contributed by atoms with E-state index >= 15 is 0 Å². The van der Waals surface area contributed by atoms with Crippen molar-refractivity contribution in [1.82, 2.24) is 0 Å². The molecule has 18 heavy (non-hydrogen) atoms. The van der Waals surface area contributed by atoms with Crippen LogP contribution >= 0.6 is 0 Å². The van der Waals surface area contributed by atoms with Crippen molar-refractivity contribution in [3.8, 4) is 0 Å². The molecule has 0 N–H and O–H groups in total. The molecule has 0 bridgehead atoms. The van der Waals surface area contributed by atoms with Crippen LogP contribution in [0.15, 0.2) is 0 Å². The second kappa shape index (κ2) is 6.63. The number of hydrogen-bond acceptors (Lipinski definition) is 4. The molecule has 0 radical (unpaired) electrons. The van der Waals surface area contributed by atoms with Gasteiger partial charge in [-0.25, -0.2) is 0 Å². The average molecular weight is 293 g/mol. The summed E-state index contributed by atoms with van der Waals surface area (Å²) < 4.78 is 22.7. The van der Waals surface area contributed by atoms with Gasteiger partial charge in [0.25, 0.3) is 0 Å². The minimum absolute atomic E-state index is 0.593. The molecule has 0 amide bonds. The molecule has 0 spiro atoms. The first-order chi connectivity index (χ1) is 8.45. The molecule has 0 unspecified atom stereocenters. The molecule has 1 aliphatic carbocycles. The SMILES string of the molecule is CO[Si](C)(OC)C1CCC([Si](C)(OC)OC)CC1. The first-order valence-electron chi connectivity index (χ1n) is 6.66. The van der Waals surface area contributed by atoms with Crippen molar-refractivity contribution < 1.29 is 17.7 Å². The van der Waals surface area contributed by atoms with Gasteiger partial charge in [0, 0.05) is 39.5 Å². The van der Waals surface area contributed by atoms with Crippen molar-refractivity contribution in [3.63, 3.8) is 0 Å². The first kappa shape index (κ1) is 16.3. The van der Waals surface area contributed by atoms with Crippen LogP contribution in [-0.2, 0) is 17.7 Å². The molecule has 0 atom stereocenters. The van der Waals surface area contributed by atoms with E-state index in [1.165, 1.54) is 25.7 Å². The number of rotatable bonds is 6. The Hall–Kier alpha value is 0.274. The zero-order chi connectivity index (χ0) is 13.8. The Kier molecular flexibility index (Phi) is 6.01. The van der Waals surface area contributed by atoms with Crippen LogP contribution in [0.5, 0.6) is 0 Å². The highest BCUT2D eigenvalue weighted by Gasteiger charge is 2.46. The molecule has 0 heterocycles. The van der Waals surface area contributed by atoms with E-state index in [0.29, 0.717) is 11.1 Å². The summed E-state index contributed by atoms with van der Waals surface area (Å²) in [7, 11) is 3.19. The van der Waals surface area contributed by atoms with Gasteiger partial charge in [0.15, 0.2) is 0 Å². The molecule has 0 aromatic rings. The van der Waals surface area contributed by atoms with Crippen molar-refractivity contribution in [2.75, 3.05) is 28.4 Å². The Morgan fingerprint density at radius 1 is 0.611 bits per heavy atom. The Morgan fingerprint density at radius 2 is 0.833 bits per heavy atom.